The van der Waals surface area contributed by atoms with Gasteiger partial charge in [0.05, 0.1) is 17.7 Å². The molecule has 0 spiro atoms. The summed E-state index contributed by atoms with van der Waals surface area (Å²) in [4.78, 5) is 12.1. The summed E-state index contributed by atoms with van der Waals surface area (Å²) in [6.07, 6.45) is -4.86. The van der Waals surface area contributed by atoms with Crippen molar-refractivity contribution in [2.24, 2.45) is 0 Å². The summed E-state index contributed by atoms with van der Waals surface area (Å²) in [5.74, 6) is -2.13. The van der Waals surface area contributed by atoms with Crippen molar-refractivity contribution >= 4 is 5.91 Å². The van der Waals surface area contributed by atoms with Crippen LogP contribution in [0.2, 0.25) is 0 Å². The normalized spacial score (nSPS) is 14.1. The Balaban J connectivity index is 2.19. The molecule has 1 unspecified atom stereocenters. The number of nitrogens with one attached hydrogen (secondary N) is 1. The Morgan fingerprint density at radius 2 is 1.75 bits per heavy atom. The molecular weight excluding hydrogens is 326 g/mol. The topological polar surface area (TPSA) is 49.3 Å². The highest BCUT2D eigenvalue weighted by molar-refractivity contribution is 5.95. The third-order valence-electron chi connectivity index (χ3n) is 3.52. The maximum atomic E-state index is 13.1. The Kier molecular flexibility index (Phi) is 4.94. The number of hydrogen-bond acceptors (Lipinski definition) is 2. The van der Waals surface area contributed by atoms with Crippen LogP contribution in [-0.4, -0.2) is 17.6 Å². The molecule has 7 heteroatoms. The lowest BCUT2D eigenvalue weighted by Crippen LogP contribution is -2.39. The monoisotopic (exact) mass is 341 g/mol. The van der Waals surface area contributed by atoms with Crippen LogP contribution in [0.5, 0.6) is 0 Å². The van der Waals surface area contributed by atoms with E-state index in [2.05, 4.69) is 5.32 Å². The number of aliphatic hydroxyl groups is 1. The van der Waals surface area contributed by atoms with E-state index in [0.717, 1.165) is 12.1 Å². The van der Waals surface area contributed by atoms with Crippen LogP contribution in [0.25, 0.3) is 0 Å². The minimum atomic E-state index is -4.86. The van der Waals surface area contributed by atoms with Crippen molar-refractivity contribution in [2.75, 3.05) is 6.54 Å². The maximum absolute atomic E-state index is 13.1. The molecule has 0 aliphatic carbocycles. The maximum Gasteiger partial charge on any atom is 0.417 e. The van der Waals surface area contributed by atoms with Crippen LogP contribution in [0.1, 0.15) is 28.4 Å². The zero-order chi connectivity index (χ0) is 18.0. The molecule has 0 aliphatic rings. The molecule has 0 saturated carbocycles. The van der Waals surface area contributed by atoms with E-state index in [0.29, 0.717) is 5.56 Å². The molecule has 3 nitrogen and oxygen atoms in total. The molecule has 2 aromatic carbocycles. The summed E-state index contributed by atoms with van der Waals surface area (Å²) < 4.78 is 51.9. The van der Waals surface area contributed by atoms with Gasteiger partial charge in [-0.25, -0.2) is 4.39 Å². The smallest absolute Gasteiger partial charge is 0.384 e. The first kappa shape index (κ1) is 17.9. The predicted octanol–water partition coefficient (Wildman–Crippen LogP) is 3.48. The summed E-state index contributed by atoms with van der Waals surface area (Å²) in [7, 11) is 0. The van der Waals surface area contributed by atoms with Crippen LogP contribution in [0.15, 0.2) is 48.5 Å². The standard InChI is InChI=1S/C17H15F4NO2/c1-16(24,11-5-3-2-4-6-11)10-22-15(23)13-8-7-12(18)9-14(13)17(19,20)21/h2-9,24H,10H2,1H3,(H,22,23). The van der Waals surface area contributed by atoms with E-state index in [1.54, 1.807) is 30.3 Å². The number of rotatable bonds is 4. The second-order valence-corrected chi connectivity index (χ2v) is 5.51. The van der Waals surface area contributed by atoms with Gasteiger partial charge in [0.15, 0.2) is 0 Å². The lowest BCUT2D eigenvalue weighted by atomic mass is 9.96. The van der Waals surface area contributed by atoms with Crippen LogP contribution < -0.4 is 5.32 Å². The first-order valence-electron chi connectivity index (χ1n) is 7.04. The van der Waals surface area contributed by atoms with Gasteiger partial charge in [0, 0.05) is 0 Å². The van der Waals surface area contributed by atoms with Gasteiger partial charge in [-0.05, 0) is 30.7 Å². The van der Waals surface area contributed by atoms with Crippen molar-refractivity contribution < 1.29 is 27.5 Å². The van der Waals surface area contributed by atoms with Gasteiger partial charge in [0.1, 0.15) is 11.4 Å². The quantitative estimate of drug-likeness (QED) is 0.837. The average molecular weight is 341 g/mol. The molecule has 0 bridgehead atoms. The summed E-state index contributed by atoms with van der Waals surface area (Å²) in [6.45, 7) is 1.13. The zero-order valence-corrected chi connectivity index (χ0v) is 12.7. The second kappa shape index (κ2) is 6.60. The fourth-order valence-electron chi connectivity index (χ4n) is 2.20. The lowest BCUT2D eigenvalue weighted by molar-refractivity contribution is -0.138. The second-order valence-electron chi connectivity index (χ2n) is 5.51. The molecule has 0 heterocycles. The Morgan fingerprint density at radius 1 is 1.12 bits per heavy atom. The molecule has 0 aliphatic heterocycles. The summed E-state index contributed by atoms with van der Waals surface area (Å²) in [6, 6.07) is 10.2. The third-order valence-corrected chi connectivity index (χ3v) is 3.52. The minimum Gasteiger partial charge on any atom is -0.384 e. The molecule has 2 rings (SSSR count). The van der Waals surface area contributed by atoms with Crippen molar-refractivity contribution in [2.45, 2.75) is 18.7 Å². The number of carbonyl (C=O) groups excluding carboxylic acids is 1. The molecule has 24 heavy (non-hydrogen) atoms. The van der Waals surface area contributed by atoms with Gasteiger partial charge < -0.3 is 10.4 Å². The fraction of sp³-hybridized carbons (Fsp3) is 0.235. The van der Waals surface area contributed by atoms with Crippen molar-refractivity contribution in [3.8, 4) is 0 Å². The summed E-state index contributed by atoms with van der Waals surface area (Å²) in [5, 5.41) is 12.6. The van der Waals surface area contributed by atoms with Gasteiger partial charge in [-0.15, -0.1) is 0 Å². The van der Waals surface area contributed by atoms with E-state index in [1.807, 2.05) is 0 Å². The fourth-order valence-corrected chi connectivity index (χ4v) is 2.20. The molecule has 0 fully saturated rings. The third kappa shape index (κ3) is 4.11. The van der Waals surface area contributed by atoms with Crippen molar-refractivity contribution in [3.63, 3.8) is 0 Å². The molecule has 2 aromatic rings. The molecule has 0 aromatic heterocycles. The molecular formula is C17H15F4NO2. The van der Waals surface area contributed by atoms with E-state index < -0.39 is 34.6 Å². The van der Waals surface area contributed by atoms with Crippen molar-refractivity contribution in [1.29, 1.82) is 0 Å². The van der Waals surface area contributed by atoms with Crippen molar-refractivity contribution in [3.05, 3.63) is 71.0 Å². The number of carbonyl (C=O) groups is 1. The Bertz CT molecular complexity index is 727. The molecule has 2 N–H and O–H groups in total. The molecule has 128 valence electrons. The molecule has 0 radical (unpaired) electrons. The molecule has 1 amide bonds. The van der Waals surface area contributed by atoms with Gasteiger partial charge in [-0.2, -0.15) is 13.2 Å². The molecule has 1 atom stereocenters. The first-order chi connectivity index (χ1) is 11.1. The zero-order valence-electron chi connectivity index (χ0n) is 12.7. The highest BCUT2D eigenvalue weighted by Crippen LogP contribution is 2.32. The number of benzene rings is 2. The Morgan fingerprint density at radius 3 is 2.33 bits per heavy atom. The van der Waals surface area contributed by atoms with Crippen LogP contribution in [0.4, 0.5) is 17.6 Å². The van der Waals surface area contributed by atoms with Gasteiger partial charge in [0.25, 0.3) is 5.91 Å². The minimum absolute atomic E-state index is 0.268. The largest absolute Gasteiger partial charge is 0.417 e. The van der Waals surface area contributed by atoms with E-state index in [1.165, 1.54) is 6.92 Å². The number of alkyl halides is 3. The van der Waals surface area contributed by atoms with Crippen LogP contribution in [0, 0.1) is 5.82 Å². The van der Waals surface area contributed by atoms with Crippen LogP contribution in [0.3, 0.4) is 0 Å². The number of amides is 1. The highest BCUT2D eigenvalue weighted by Gasteiger charge is 2.36. The Hall–Kier alpha value is -2.41. The van der Waals surface area contributed by atoms with E-state index >= 15 is 0 Å². The van der Waals surface area contributed by atoms with E-state index in [9.17, 15) is 27.5 Å². The predicted molar refractivity (Wildman–Crippen MR) is 79.7 cm³/mol. The van der Waals surface area contributed by atoms with E-state index in [4.69, 9.17) is 0 Å². The molecule has 0 saturated heterocycles. The first-order valence-corrected chi connectivity index (χ1v) is 7.04. The number of halogens is 4. The highest BCUT2D eigenvalue weighted by atomic mass is 19.4. The van der Waals surface area contributed by atoms with Gasteiger partial charge in [-0.3, -0.25) is 4.79 Å². The van der Waals surface area contributed by atoms with Gasteiger partial charge >= 0.3 is 6.18 Å². The van der Waals surface area contributed by atoms with Gasteiger partial charge in [-0.1, -0.05) is 30.3 Å². The SMILES string of the molecule is CC(O)(CNC(=O)c1ccc(F)cc1C(F)(F)F)c1ccccc1. The van der Waals surface area contributed by atoms with E-state index in [-0.39, 0.29) is 12.6 Å². The summed E-state index contributed by atoms with van der Waals surface area (Å²) >= 11 is 0. The van der Waals surface area contributed by atoms with Crippen LogP contribution >= 0.6 is 0 Å². The number of hydrogen-bond donors (Lipinski definition) is 2. The van der Waals surface area contributed by atoms with Gasteiger partial charge in [0.2, 0.25) is 0 Å². The summed E-state index contributed by atoms with van der Waals surface area (Å²) in [5.41, 5.74) is -3.03. The van der Waals surface area contributed by atoms with Crippen molar-refractivity contribution in [1.82, 2.24) is 5.32 Å². The van der Waals surface area contributed by atoms with Crippen LogP contribution in [-0.2, 0) is 11.8 Å². The average Bonchev–Trinajstić information content (AvgIpc) is 2.52. The Labute approximate surface area is 135 Å². The lowest BCUT2D eigenvalue weighted by Gasteiger charge is -2.24.